The molecule has 1 aromatic rings. The molecule has 0 aliphatic heterocycles. The van der Waals surface area contributed by atoms with Gasteiger partial charge in [0.05, 0.1) is 6.20 Å². The molecule has 10 heavy (non-hydrogen) atoms. The van der Waals surface area contributed by atoms with Crippen molar-refractivity contribution in [2.45, 2.75) is 20.1 Å². The molecule has 4 heteroatoms. The van der Waals surface area contributed by atoms with Crippen molar-refractivity contribution in [1.29, 1.82) is 0 Å². The second-order valence-corrected chi connectivity index (χ2v) is 2.71. The second-order valence-electron chi connectivity index (χ2n) is 1.90. The van der Waals surface area contributed by atoms with Crippen molar-refractivity contribution in [3.8, 4) is 0 Å². The van der Waals surface area contributed by atoms with Gasteiger partial charge >= 0.3 is 0 Å². The van der Waals surface area contributed by atoms with Crippen LogP contribution < -0.4 is 0 Å². The molecule has 1 rings (SSSR count). The molecule has 1 N–H and O–H groups in total. The fourth-order valence-electron chi connectivity index (χ4n) is 0.850. The summed E-state index contributed by atoms with van der Waals surface area (Å²) >= 11 is 3.31. The fraction of sp³-hybridized carbons (Fsp3) is 0.500. The summed E-state index contributed by atoms with van der Waals surface area (Å²) < 4.78 is 2.82. The number of rotatable bonds is 2. The molecular weight excluding hydrogens is 196 g/mol. The van der Waals surface area contributed by atoms with Gasteiger partial charge in [0.1, 0.15) is 17.0 Å². The van der Waals surface area contributed by atoms with E-state index in [4.69, 9.17) is 5.11 Å². The van der Waals surface area contributed by atoms with E-state index in [2.05, 4.69) is 20.9 Å². The summed E-state index contributed by atoms with van der Waals surface area (Å²) in [7, 11) is 0. The van der Waals surface area contributed by atoms with Crippen LogP contribution in [0, 0.1) is 0 Å². The topological polar surface area (TPSA) is 38.0 Å². The van der Waals surface area contributed by atoms with Crippen molar-refractivity contribution >= 4 is 15.9 Å². The lowest BCUT2D eigenvalue weighted by Gasteiger charge is -2.01. The summed E-state index contributed by atoms with van der Waals surface area (Å²) in [6, 6.07) is 0. The summed E-state index contributed by atoms with van der Waals surface area (Å²) in [6.07, 6.45) is 1.69. The number of aliphatic hydroxyl groups is 1. The van der Waals surface area contributed by atoms with E-state index >= 15 is 0 Å². The second kappa shape index (κ2) is 3.16. The molecule has 56 valence electrons. The third-order valence-electron chi connectivity index (χ3n) is 1.35. The molecule has 1 heterocycles. The molecule has 0 bridgehead atoms. The third kappa shape index (κ3) is 1.22. The van der Waals surface area contributed by atoms with Crippen LogP contribution in [0.1, 0.15) is 12.7 Å². The Morgan fingerprint density at radius 2 is 2.50 bits per heavy atom. The molecule has 0 atom stereocenters. The Kier molecular flexibility index (Phi) is 2.45. The lowest BCUT2D eigenvalue weighted by atomic mass is 10.6. The smallest absolute Gasteiger partial charge is 0.135 e. The zero-order chi connectivity index (χ0) is 7.56. The average Bonchev–Trinajstić information content (AvgIpc) is 2.30. The maximum atomic E-state index is 8.76. The van der Waals surface area contributed by atoms with Gasteiger partial charge in [-0.3, -0.25) is 0 Å². The summed E-state index contributed by atoms with van der Waals surface area (Å²) in [5.74, 6) is 0.703. The van der Waals surface area contributed by atoms with Crippen molar-refractivity contribution in [1.82, 2.24) is 9.55 Å². The third-order valence-corrected chi connectivity index (χ3v) is 1.98. The predicted molar refractivity (Wildman–Crippen MR) is 41.5 cm³/mol. The first-order chi connectivity index (χ1) is 4.79. The fourth-order valence-corrected chi connectivity index (χ4v) is 1.41. The van der Waals surface area contributed by atoms with E-state index in [1.165, 1.54) is 0 Å². The van der Waals surface area contributed by atoms with Gasteiger partial charge in [-0.05, 0) is 22.9 Å². The van der Waals surface area contributed by atoms with Crippen LogP contribution >= 0.6 is 15.9 Å². The van der Waals surface area contributed by atoms with Crippen LogP contribution in [0.2, 0.25) is 0 Å². The van der Waals surface area contributed by atoms with Gasteiger partial charge in [-0.15, -0.1) is 0 Å². The Labute approximate surface area is 67.8 Å². The Morgan fingerprint density at radius 1 is 1.80 bits per heavy atom. The first-order valence-corrected chi connectivity index (χ1v) is 3.89. The van der Waals surface area contributed by atoms with Crippen LogP contribution in [0.5, 0.6) is 0 Å². The van der Waals surface area contributed by atoms with Gasteiger partial charge in [0.15, 0.2) is 0 Å². The number of hydrogen-bond donors (Lipinski definition) is 1. The van der Waals surface area contributed by atoms with Crippen LogP contribution in [0.3, 0.4) is 0 Å². The number of aliphatic hydroxyl groups excluding tert-OH is 1. The number of aromatic nitrogens is 2. The van der Waals surface area contributed by atoms with Crippen molar-refractivity contribution in [2.24, 2.45) is 0 Å². The molecule has 0 aromatic carbocycles. The van der Waals surface area contributed by atoms with E-state index in [1.807, 2.05) is 11.5 Å². The quantitative estimate of drug-likeness (QED) is 0.786. The normalized spacial score (nSPS) is 10.3. The highest BCUT2D eigenvalue weighted by molar-refractivity contribution is 9.10. The zero-order valence-electron chi connectivity index (χ0n) is 5.71. The highest BCUT2D eigenvalue weighted by atomic mass is 79.9. The molecule has 1 aromatic heterocycles. The molecule has 0 unspecified atom stereocenters. The van der Waals surface area contributed by atoms with E-state index in [0.29, 0.717) is 5.82 Å². The molecule has 0 amide bonds. The molecule has 0 saturated heterocycles. The van der Waals surface area contributed by atoms with E-state index in [1.54, 1.807) is 6.20 Å². The Morgan fingerprint density at radius 3 is 2.90 bits per heavy atom. The summed E-state index contributed by atoms with van der Waals surface area (Å²) in [5, 5.41) is 8.76. The van der Waals surface area contributed by atoms with Gasteiger partial charge in [-0.25, -0.2) is 4.98 Å². The highest BCUT2D eigenvalue weighted by Crippen LogP contribution is 2.11. The number of nitrogens with zero attached hydrogens (tertiary/aromatic N) is 2. The minimum Gasteiger partial charge on any atom is -0.388 e. The molecule has 0 fully saturated rings. The molecule has 0 aliphatic carbocycles. The van der Waals surface area contributed by atoms with Crippen LogP contribution in [0.15, 0.2) is 10.8 Å². The first kappa shape index (κ1) is 7.75. The van der Waals surface area contributed by atoms with Crippen LogP contribution in [0.4, 0.5) is 0 Å². The maximum absolute atomic E-state index is 8.76. The Bertz CT molecular complexity index is 222. The van der Waals surface area contributed by atoms with Crippen molar-refractivity contribution in [2.75, 3.05) is 0 Å². The molecule has 0 radical (unpaired) electrons. The van der Waals surface area contributed by atoms with Gasteiger partial charge in [-0.1, -0.05) is 0 Å². The largest absolute Gasteiger partial charge is 0.388 e. The number of hydrogen-bond acceptors (Lipinski definition) is 2. The van der Waals surface area contributed by atoms with Gasteiger partial charge in [0.2, 0.25) is 0 Å². The molecular formula is C6H9BrN2O. The Balaban J connectivity index is 3.01. The SMILES string of the molecule is CCn1c(Br)cnc1CO. The van der Waals surface area contributed by atoms with Crippen molar-refractivity contribution in [3.63, 3.8) is 0 Å². The molecule has 0 spiro atoms. The highest BCUT2D eigenvalue weighted by Gasteiger charge is 2.02. The van der Waals surface area contributed by atoms with E-state index in [9.17, 15) is 0 Å². The van der Waals surface area contributed by atoms with Crippen LogP contribution in [-0.2, 0) is 13.2 Å². The van der Waals surface area contributed by atoms with Crippen LogP contribution in [-0.4, -0.2) is 14.7 Å². The molecule has 0 saturated carbocycles. The number of halogens is 1. The average molecular weight is 205 g/mol. The van der Waals surface area contributed by atoms with E-state index < -0.39 is 0 Å². The molecule has 0 aliphatic rings. The van der Waals surface area contributed by atoms with Crippen molar-refractivity contribution < 1.29 is 5.11 Å². The number of imidazole rings is 1. The van der Waals surface area contributed by atoms with E-state index in [-0.39, 0.29) is 6.61 Å². The Hall–Kier alpha value is -0.350. The molecule has 3 nitrogen and oxygen atoms in total. The summed E-state index contributed by atoms with van der Waals surface area (Å²) in [6.45, 7) is 2.83. The lowest BCUT2D eigenvalue weighted by Crippen LogP contribution is -2.01. The van der Waals surface area contributed by atoms with Gasteiger partial charge in [-0.2, -0.15) is 0 Å². The van der Waals surface area contributed by atoms with Crippen LogP contribution in [0.25, 0.3) is 0 Å². The lowest BCUT2D eigenvalue weighted by molar-refractivity contribution is 0.265. The minimum atomic E-state index is -0.000556. The summed E-state index contributed by atoms with van der Waals surface area (Å²) in [5.41, 5.74) is 0. The van der Waals surface area contributed by atoms with Crippen molar-refractivity contribution in [3.05, 3.63) is 16.6 Å². The minimum absolute atomic E-state index is 0.000556. The standard InChI is InChI=1S/C6H9BrN2O/c1-2-9-5(7)3-8-6(9)4-10/h3,10H,2,4H2,1H3. The van der Waals surface area contributed by atoms with Gasteiger partial charge in [0, 0.05) is 6.54 Å². The predicted octanol–water partition coefficient (Wildman–Crippen LogP) is 1.16. The maximum Gasteiger partial charge on any atom is 0.135 e. The first-order valence-electron chi connectivity index (χ1n) is 3.10. The monoisotopic (exact) mass is 204 g/mol. The van der Waals surface area contributed by atoms with E-state index in [0.717, 1.165) is 11.1 Å². The summed E-state index contributed by atoms with van der Waals surface area (Å²) in [4.78, 5) is 3.97. The van der Waals surface area contributed by atoms with Gasteiger partial charge < -0.3 is 9.67 Å². The van der Waals surface area contributed by atoms with Gasteiger partial charge in [0.25, 0.3) is 0 Å². The zero-order valence-corrected chi connectivity index (χ0v) is 7.30.